The van der Waals surface area contributed by atoms with Gasteiger partial charge in [-0.15, -0.1) is 0 Å². The summed E-state index contributed by atoms with van der Waals surface area (Å²) in [7, 11) is -3.59. The van der Waals surface area contributed by atoms with Gasteiger partial charge in [0.05, 0.1) is 17.6 Å². The zero-order valence-electron chi connectivity index (χ0n) is 10.5. The molecule has 2 N–H and O–H groups in total. The number of para-hydroxylation sites is 1. The van der Waals surface area contributed by atoms with Gasteiger partial charge in [0.2, 0.25) is 0 Å². The van der Waals surface area contributed by atoms with E-state index in [4.69, 9.17) is 0 Å². The highest BCUT2D eigenvalue weighted by Gasteiger charge is 2.20. The smallest absolute Gasteiger partial charge is 0.265 e. The van der Waals surface area contributed by atoms with Crippen LogP contribution in [0.2, 0.25) is 0 Å². The Morgan fingerprint density at radius 1 is 1.17 bits per heavy atom. The lowest BCUT2D eigenvalue weighted by molar-refractivity contribution is 0.600. The van der Waals surface area contributed by atoms with Crippen molar-refractivity contribution in [3.05, 3.63) is 41.2 Å². The molecule has 0 aliphatic rings. The van der Waals surface area contributed by atoms with Gasteiger partial charge in [0.25, 0.3) is 10.0 Å². The third-order valence-corrected chi connectivity index (χ3v) is 4.25. The number of hydrogen-bond acceptors (Lipinski definition) is 3. The van der Waals surface area contributed by atoms with Crippen molar-refractivity contribution in [2.45, 2.75) is 25.7 Å². The Bertz CT molecular complexity index is 654. The van der Waals surface area contributed by atoms with E-state index in [0.717, 1.165) is 11.1 Å². The van der Waals surface area contributed by atoms with Crippen LogP contribution in [-0.2, 0) is 10.0 Å². The van der Waals surface area contributed by atoms with Crippen LogP contribution in [0.25, 0.3) is 0 Å². The highest BCUT2D eigenvalue weighted by molar-refractivity contribution is 7.92. The molecule has 0 saturated heterocycles. The predicted molar refractivity (Wildman–Crippen MR) is 70.0 cm³/mol. The van der Waals surface area contributed by atoms with E-state index in [0.29, 0.717) is 11.4 Å². The van der Waals surface area contributed by atoms with Gasteiger partial charge in [-0.05, 0) is 31.9 Å². The quantitative estimate of drug-likeness (QED) is 0.892. The third-order valence-electron chi connectivity index (χ3n) is 2.79. The number of aryl methyl sites for hydroxylation is 3. The summed E-state index contributed by atoms with van der Waals surface area (Å²) in [6.07, 6.45) is 1.31. The molecule has 0 amide bonds. The molecule has 96 valence electrons. The largest absolute Gasteiger partial charge is 0.281 e. The fraction of sp³-hybridized carbons (Fsp3) is 0.250. The highest BCUT2D eigenvalue weighted by atomic mass is 32.2. The third kappa shape index (κ3) is 2.24. The molecule has 0 radical (unpaired) electrons. The van der Waals surface area contributed by atoms with Gasteiger partial charge in [-0.1, -0.05) is 18.2 Å². The lowest BCUT2D eigenvalue weighted by Gasteiger charge is -2.12. The average Bonchev–Trinajstić information content (AvgIpc) is 2.71. The van der Waals surface area contributed by atoms with Gasteiger partial charge in [-0.25, -0.2) is 8.42 Å². The van der Waals surface area contributed by atoms with Crippen LogP contribution in [0.15, 0.2) is 29.3 Å². The molecular formula is C12H15N3O2S. The lowest BCUT2D eigenvalue weighted by atomic mass is 10.1. The molecule has 6 heteroatoms. The van der Waals surface area contributed by atoms with Crippen LogP contribution in [0.5, 0.6) is 0 Å². The molecule has 0 aliphatic heterocycles. The number of hydrogen-bond donors (Lipinski definition) is 2. The molecular weight excluding hydrogens is 250 g/mol. The average molecular weight is 265 g/mol. The number of rotatable bonds is 3. The Labute approximate surface area is 106 Å². The Kier molecular flexibility index (Phi) is 3.13. The van der Waals surface area contributed by atoms with Crippen molar-refractivity contribution in [2.24, 2.45) is 0 Å². The maximum atomic E-state index is 12.2. The van der Waals surface area contributed by atoms with Crippen molar-refractivity contribution in [1.82, 2.24) is 10.2 Å². The summed E-state index contributed by atoms with van der Waals surface area (Å²) in [5.41, 5.74) is 2.92. The van der Waals surface area contributed by atoms with Crippen molar-refractivity contribution in [3.63, 3.8) is 0 Å². The van der Waals surface area contributed by atoms with E-state index in [1.54, 1.807) is 6.92 Å². The van der Waals surface area contributed by atoms with E-state index < -0.39 is 10.0 Å². The maximum absolute atomic E-state index is 12.2. The van der Waals surface area contributed by atoms with Gasteiger partial charge in [-0.3, -0.25) is 9.82 Å². The van der Waals surface area contributed by atoms with Crippen LogP contribution in [0.4, 0.5) is 5.69 Å². The molecule has 0 saturated carbocycles. The van der Waals surface area contributed by atoms with Crippen molar-refractivity contribution in [1.29, 1.82) is 0 Å². The van der Waals surface area contributed by atoms with Crippen molar-refractivity contribution >= 4 is 15.7 Å². The standard InChI is InChI=1S/C12H15N3O2S/c1-8-5-4-6-9(2)12(8)15-18(16,17)11-7-13-14-10(11)3/h4-7,15H,1-3H3,(H,13,14). The predicted octanol–water partition coefficient (Wildman–Crippen LogP) is 2.14. The summed E-state index contributed by atoms with van der Waals surface area (Å²) >= 11 is 0. The van der Waals surface area contributed by atoms with Gasteiger partial charge in [0.15, 0.2) is 0 Å². The molecule has 0 bridgehead atoms. The normalized spacial score (nSPS) is 11.5. The minimum absolute atomic E-state index is 0.171. The summed E-state index contributed by atoms with van der Waals surface area (Å²) < 4.78 is 27.0. The zero-order valence-corrected chi connectivity index (χ0v) is 11.3. The number of anilines is 1. The first-order valence-corrected chi connectivity index (χ1v) is 6.99. The van der Waals surface area contributed by atoms with Gasteiger partial charge >= 0.3 is 0 Å². The maximum Gasteiger partial charge on any atom is 0.265 e. The molecule has 2 rings (SSSR count). The minimum atomic E-state index is -3.59. The number of aromatic amines is 1. The first kappa shape index (κ1) is 12.6. The SMILES string of the molecule is Cc1cccc(C)c1NS(=O)(=O)c1cn[nH]c1C. The van der Waals surface area contributed by atoms with E-state index in [1.165, 1.54) is 6.20 Å². The second kappa shape index (κ2) is 4.45. The Balaban J connectivity index is 2.44. The highest BCUT2D eigenvalue weighted by Crippen LogP contribution is 2.23. The number of aromatic nitrogens is 2. The van der Waals surface area contributed by atoms with E-state index in [1.807, 2.05) is 32.0 Å². The second-order valence-corrected chi connectivity index (χ2v) is 5.88. The zero-order chi connectivity index (χ0) is 13.3. The molecule has 5 nitrogen and oxygen atoms in total. The van der Waals surface area contributed by atoms with Crippen LogP contribution in [0, 0.1) is 20.8 Å². The van der Waals surface area contributed by atoms with Gasteiger partial charge in [-0.2, -0.15) is 5.10 Å². The Morgan fingerprint density at radius 2 is 1.78 bits per heavy atom. The number of nitrogens with zero attached hydrogens (tertiary/aromatic N) is 1. The van der Waals surface area contributed by atoms with Crippen LogP contribution in [0.3, 0.4) is 0 Å². The molecule has 1 aromatic carbocycles. The Hall–Kier alpha value is -1.82. The molecule has 18 heavy (non-hydrogen) atoms. The number of nitrogens with one attached hydrogen (secondary N) is 2. The van der Waals surface area contributed by atoms with Gasteiger partial charge in [0.1, 0.15) is 4.90 Å². The minimum Gasteiger partial charge on any atom is -0.281 e. The number of benzene rings is 1. The first-order valence-electron chi connectivity index (χ1n) is 5.51. The molecule has 2 aromatic rings. The van der Waals surface area contributed by atoms with E-state index in [2.05, 4.69) is 14.9 Å². The lowest BCUT2D eigenvalue weighted by Crippen LogP contribution is -2.15. The van der Waals surface area contributed by atoms with Crippen molar-refractivity contribution in [2.75, 3.05) is 4.72 Å². The molecule has 1 heterocycles. The Morgan fingerprint density at radius 3 is 2.28 bits per heavy atom. The fourth-order valence-corrected chi connectivity index (χ4v) is 3.12. The summed E-state index contributed by atoms with van der Waals surface area (Å²) in [5.74, 6) is 0. The van der Waals surface area contributed by atoms with Crippen molar-refractivity contribution in [3.8, 4) is 0 Å². The summed E-state index contributed by atoms with van der Waals surface area (Å²) in [4.78, 5) is 0.171. The molecule has 0 atom stereocenters. The van der Waals surface area contributed by atoms with Crippen LogP contribution >= 0.6 is 0 Å². The summed E-state index contributed by atoms with van der Waals surface area (Å²) in [6.45, 7) is 5.41. The topological polar surface area (TPSA) is 74.8 Å². The fourth-order valence-electron chi connectivity index (χ4n) is 1.78. The first-order chi connectivity index (χ1) is 8.42. The summed E-state index contributed by atoms with van der Waals surface area (Å²) in [5, 5.41) is 6.35. The van der Waals surface area contributed by atoms with Crippen LogP contribution < -0.4 is 4.72 Å². The molecule has 0 fully saturated rings. The molecule has 0 spiro atoms. The molecule has 0 aliphatic carbocycles. The second-order valence-electron chi connectivity index (χ2n) is 4.23. The van der Waals surface area contributed by atoms with E-state index >= 15 is 0 Å². The molecule has 0 unspecified atom stereocenters. The molecule has 1 aromatic heterocycles. The van der Waals surface area contributed by atoms with Crippen molar-refractivity contribution < 1.29 is 8.42 Å². The monoisotopic (exact) mass is 265 g/mol. The van der Waals surface area contributed by atoms with Crippen LogP contribution in [0.1, 0.15) is 16.8 Å². The van der Waals surface area contributed by atoms with Gasteiger partial charge in [0, 0.05) is 0 Å². The van der Waals surface area contributed by atoms with E-state index in [9.17, 15) is 8.42 Å². The van der Waals surface area contributed by atoms with Gasteiger partial charge < -0.3 is 0 Å². The van der Waals surface area contributed by atoms with E-state index in [-0.39, 0.29) is 4.90 Å². The summed E-state index contributed by atoms with van der Waals surface area (Å²) in [6, 6.07) is 5.63. The number of H-pyrrole nitrogens is 1. The number of sulfonamides is 1. The van der Waals surface area contributed by atoms with Crippen LogP contribution in [-0.4, -0.2) is 18.6 Å².